The molecule has 2 amide bonds. The van der Waals surface area contributed by atoms with E-state index < -0.39 is 6.04 Å². The number of hydrogen-bond donors (Lipinski definition) is 1. The maximum absolute atomic E-state index is 13.4. The summed E-state index contributed by atoms with van der Waals surface area (Å²) in [6.07, 6.45) is 0.476. The van der Waals surface area contributed by atoms with Crippen molar-refractivity contribution in [2.75, 3.05) is 13.2 Å². The van der Waals surface area contributed by atoms with E-state index in [1.165, 1.54) is 0 Å². The van der Waals surface area contributed by atoms with Crippen LogP contribution in [0.2, 0.25) is 5.02 Å². The van der Waals surface area contributed by atoms with E-state index in [1.54, 1.807) is 11.0 Å². The van der Waals surface area contributed by atoms with Crippen LogP contribution < -0.4 is 10.1 Å². The second-order valence-electron chi connectivity index (χ2n) is 9.86. The second-order valence-corrected chi connectivity index (χ2v) is 11.1. The molecule has 34 heavy (non-hydrogen) atoms. The molecule has 0 saturated heterocycles. The highest BCUT2D eigenvalue weighted by atomic mass is 79.9. The molecule has 0 fully saturated rings. The van der Waals surface area contributed by atoms with Gasteiger partial charge in [0.1, 0.15) is 11.8 Å². The van der Waals surface area contributed by atoms with Gasteiger partial charge in [-0.15, -0.1) is 0 Å². The first kappa shape index (κ1) is 28.2. The summed E-state index contributed by atoms with van der Waals surface area (Å²) in [4.78, 5) is 27.9. The van der Waals surface area contributed by atoms with Crippen LogP contribution in [-0.2, 0) is 21.5 Å². The molecule has 0 saturated carbocycles. The number of benzene rings is 2. The van der Waals surface area contributed by atoms with Crippen molar-refractivity contribution in [2.45, 2.75) is 66.0 Å². The van der Waals surface area contributed by atoms with Crippen LogP contribution in [0.4, 0.5) is 0 Å². The number of ether oxygens (including phenoxy) is 1. The van der Waals surface area contributed by atoms with E-state index in [4.69, 9.17) is 16.3 Å². The summed E-state index contributed by atoms with van der Waals surface area (Å²) >= 11 is 9.93. The van der Waals surface area contributed by atoms with Crippen molar-refractivity contribution in [1.82, 2.24) is 10.2 Å². The average Bonchev–Trinajstić information content (AvgIpc) is 2.77. The Hall–Kier alpha value is -2.05. The Morgan fingerprint density at radius 2 is 1.82 bits per heavy atom. The molecule has 2 aromatic carbocycles. The standard InChI is InChI=1S/C27H36BrClN2O3/c1-7-23(26(33)30-15-18(2)3)31(16-19-10-8-9-11-22(19)29)25(32)17-34-24-13-12-20(14-21(24)28)27(4,5)6/h8-14,18,23H,7,15-17H2,1-6H3,(H,30,33)/t23-/m0/s1. The van der Waals surface area contributed by atoms with E-state index in [9.17, 15) is 9.59 Å². The third-order valence-electron chi connectivity index (χ3n) is 5.52. The van der Waals surface area contributed by atoms with Gasteiger partial charge in [-0.25, -0.2) is 0 Å². The van der Waals surface area contributed by atoms with Crippen molar-refractivity contribution in [3.05, 3.63) is 63.1 Å². The highest BCUT2D eigenvalue weighted by Crippen LogP contribution is 2.31. The predicted molar refractivity (Wildman–Crippen MR) is 142 cm³/mol. The summed E-state index contributed by atoms with van der Waals surface area (Å²) in [5.41, 5.74) is 1.94. The van der Waals surface area contributed by atoms with Crippen molar-refractivity contribution in [1.29, 1.82) is 0 Å². The van der Waals surface area contributed by atoms with Gasteiger partial charge in [0.25, 0.3) is 5.91 Å². The molecule has 5 nitrogen and oxygen atoms in total. The number of nitrogens with one attached hydrogen (secondary N) is 1. The summed E-state index contributed by atoms with van der Waals surface area (Å²) in [5, 5.41) is 3.51. The number of carbonyl (C=O) groups excluding carboxylic acids is 2. The zero-order chi connectivity index (χ0) is 25.5. The summed E-state index contributed by atoms with van der Waals surface area (Å²) < 4.78 is 6.67. The zero-order valence-corrected chi connectivity index (χ0v) is 23.3. The number of amides is 2. The molecule has 0 aliphatic rings. The highest BCUT2D eigenvalue weighted by molar-refractivity contribution is 9.10. The minimum Gasteiger partial charge on any atom is -0.483 e. The van der Waals surface area contributed by atoms with E-state index in [1.807, 2.05) is 57.2 Å². The Labute approximate surface area is 217 Å². The molecule has 0 aliphatic heterocycles. The first-order valence-electron chi connectivity index (χ1n) is 11.7. The maximum Gasteiger partial charge on any atom is 0.261 e. The molecule has 2 aromatic rings. The van der Waals surface area contributed by atoms with Gasteiger partial charge in [-0.1, -0.05) is 77.4 Å². The Morgan fingerprint density at radius 3 is 2.38 bits per heavy atom. The normalized spacial score (nSPS) is 12.4. The van der Waals surface area contributed by atoms with E-state index in [0.717, 1.165) is 15.6 Å². The lowest BCUT2D eigenvalue weighted by atomic mass is 9.87. The molecule has 0 bridgehead atoms. The second kappa shape index (κ2) is 12.6. The van der Waals surface area contributed by atoms with Gasteiger partial charge in [0, 0.05) is 18.1 Å². The predicted octanol–water partition coefficient (Wildman–Crippen LogP) is 6.36. The maximum atomic E-state index is 13.4. The van der Waals surface area contributed by atoms with Crippen molar-refractivity contribution >= 4 is 39.3 Å². The molecule has 2 rings (SSSR count). The van der Waals surface area contributed by atoms with Crippen LogP contribution >= 0.6 is 27.5 Å². The summed E-state index contributed by atoms with van der Waals surface area (Å²) in [7, 11) is 0. The molecule has 0 heterocycles. The molecule has 0 unspecified atom stereocenters. The summed E-state index contributed by atoms with van der Waals surface area (Å²) in [6.45, 7) is 13.0. The Kier molecular flexibility index (Phi) is 10.4. The first-order chi connectivity index (χ1) is 15.9. The van der Waals surface area contributed by atoms with Gasteiger partial charge in [0.15, 0.2) is 6.61 Å². The lowest BCUT2D eigenvalue weighted by molar-refractivity contribution is -0.143. The van der Waals surface area contributed by atoms with Gasteiger partial charge < -0.3 is 15.0 Å². The molecular formula is C27H36BrClN2O3. The lowest BCUT2D eigenvalue weighted by Crippen LogP contribution is -2.50. The molecule has 0 spiro atoms. The molecule has 1 N–H and O–H groups in total. The van der Waals surface area contributed by atoms with Crippen molar-refractivity contribution < 1.29 is 14.3 Å². The summed E-state index contributed by atoms with van der Waals surface area (Å²) in [5.74, 6) is 0.438. The van der Waals surface area contributed by atoms with Crippen LogP contribution in [0.5, 0.6) is 5.75 Å². The van der Waals surface area contributed by atoms with Crippen LogP contribution in [0.1, 0.15) is 59.1 Å². The Balaban J connectivity index is 2.24. The number of rotatable bonds is 10. The lowest BCUT2D eigenvalue weighted by Gasteiger charge is -2.31. The molecule has 0 aromatic heterocycles. The highest BCUT2D eigenvalue weighted by Gasteiger charge is 2.29. The number of nitrogens with zero attached hydrogens (tertiary/aromatic N) is 1. The SMILES string of the molecule is CC[C@@H](C(=O)NCC(C)C)N(Cc1ccccc1Cl)C(=O)COc1ccc(C(C)(C)C)cc1Br. The minimum absolute atomic E-state index is 0.000313. The van der Waals surface area contributed by atoms with Crippen molar-refractivity contribution in [2.24, 2.45) is 5.92 Å². The van der Waals surface area contributed by atoms with Gasteiger partial charge in [0.2, 0.25) is 5.91 Å². The fourth-order valence-electron chi connectivity index (χ4n) is 3.46. The third kappa shape index (κ3) is 8.02. The fourth-order valence-corrected chi connectivity index (χ4v) is 4.15. The van der Waals surface area contributed by atoms with Gasteiger partial charge in [-0.2, -0.15) is 0 Å². The molecule has 186 valence electrons. The molecule has 7 heteroatoms. The topological polar surface area (TPSA) is 58.6 Å². The number of hydrogen-bond acceptors (Lipinski definition) is 3. The summed E-state index contributed by atoms with van der Waals surface area (Å²) in [6, 6.07) is 12.6. The van der Waals surface area contributed by atoms with Gasteiger partial charge in [-0.05, 0) is 63.0 Å². The van der Waals surface area contributed by atoms with E-state index >= 15 is 0 Å². The van der Waals surface area contributed by atoms with Crippen LogP contribution in [0, 0.1) is 5.92 Å². The van der Waals surface area contributed by atoms with Crippen molar-refractivity contribution in [3.63, 3.8) is 0 Å². The van der Waals surface area contributed by atoms with E-state index in [0.29, 0.717) is 29.7 Å². The first-order valence-corrected chi connectivity index (χ1v) is 12.8. The van der Waals surface area contributed by atoms with E-state index in [-0.39, 0.29) is 30.4 Å². The monoisotopic (exact) mass is 550 g/mol. The van der Waals surface area contributed by atoms with Crippen LogP contribution in [-0.4, -0.2) is 35.9 Å². The zero-order valence-electron chi connectivity index (χ0n) is 21.0. The fraction of sp³-hybridized carbons (Fsp3) is 0.481. The molecule has 1 atom stereocenters. The van der Waals surface area contributed by atoms with Crippen LogP contribution in [0.25, 0.3) is 0 Å². The minimum atomic E-state index is -0.627. The number of halogens is 2. The number of carbonyl (C=O) groups is 2. The van der Waals surface area contributed by atoms with Crippen LogP contribution in [0.3, 0.4) is 0 Å². The Bertz CT molecular complexity index is 988. The van der Waals surface area contributed by atoms with Crippen molar-refractivity contribution in [3.8, 4) is 5.75 Å². The van der Waals surface area contributed by atoms with Gasteiger partial charge in [0.05, 0.1) is 4.47 Å². The molecular weight excluding hydrogens is 516 g/mol. The largest absolute Gasteiger partial charge is 0.483 e. The van der Waals surface area contributed by atoms with Gasteiger partial charge >= 0.3 is 0 Å². The average molecular weight is 552 g/mol. The molecule has 0 aliphatic carbocycles. The Morgan fingerprint density at radius 1 is 1.15 bits per heavy atom. The smallest absolute Gasteiger partial charge is 0.261 e. The van der Waals surface area contributed by atoms with E-state index in [2.05, 4.69) is 42.0 Å². The quantitative estimate of drug-likeness (QED) is 0.374. The van der Waals surface area contributed by atoms with Gasteiger partial charge in [-0.3, -0.25) is 9.59 Å². The van der Waals surface area contributed by atoms with Crippen LogP contribution in [0.15, 0.2) is 46.9 Å². The third-order valence-corrected chi connectivity index (χ3v) is 6.51. The molecule has 0 radical (unpaired) electrons.